The van der Waals surface area contributed by atoms with Gasteiger partial charge >= 0.3 is 0 Å². The number of hydrogen-bond donors (Lipinski definition) is 0. The first-order chi connectivity index (χ1) is 11.1. The van der Waals surface area contributed by atoms with Crippen molar-refractivity contribution in [1.82, 2.24) is 19.5 Å². The van der Waals surface area contributed by atoms with Gasteiger partial charge in [-0.25, -0.2) is 0 Å². The van der Waals surface area contributed by atoms with Crippen LogP contribution in [0.4, 0.5) is 0 Å². The number of carbonyl (C=O) groups excluding carboxylic acids is 1. The van der Waals surface area contributed by atoms with Gasteiger partial charge in [0.2, 0.25) is 0 Å². The van der Waals surface area contributed by atoms with Gasteiger partial charge in [0.05, 0.1) is 10.6 Å². The van der Waals surface area contributed by atoms with Gasteiger partial charge in [-0.3, -0.25) is 14.7 Å². The van der Waals surface area contributed by atoms with E-state index in [0.717, 1.165) is 38.2 Å². The largest absolute Gasteiger partial charge is 0.297 e. The minimum atomic E-state index is 0.0435. The molecule has 5 nitrogen and oxygen atoms in total. The van der Waals surface area contributed by atoms with Crippen LogP contribution >= 0.6 is 11.5 Å². The number of pyridine rings is 1. The Balaban J connectivity index is 1.66. The van der Waals surface area contributed by atoms with E-state index in [1.165, 1.54) is 16.4 Å². The summed E-state index contributed by atoms with van der Waals surface area (Å²) >= 11 is 1.48. The summed E-state index contributed by atoms with van der Waals surface area (Å²) in [6.45, 7) is 6.96. The molecule has 3 rings (SSSR count). The summed E-state index contributed by atoms with van der Waals surface area (Å²) in [7, 11) is 0. The van der Waals surface area contributed by atoms with Crippen LogP contribution in [0, 0.1) is 5.92 Å². The van der Waals surface area contributed by atoms with Gasteiger partial charge in [0, 0.05) is 25.2 Å². The third-order valence-corrected chi connectivity index (χ3v) is 5.01. The summed E-state index contributed by atoms with van der Waals surface area (Å²) in [5, 5.41) is 4.25. The van der Waals surface area contributed by atoms with E-state index in [1.807, 2.05) is 18.2 Å². The third kappa shape index (κ3) is 3.82. The van der Waals surface area contributed by atoms with Crippen LogP contribution in [0.3, 0.4) is 0 Å². The number of rotatable bonds is 5. The molecule has 0 saturated carbocycles. The minimum absolute atomic E-state index is 0.0435. The van der Waals surface area contributed by atoms with E-state index in [9.17, 15) is 4.79 Å². The first-order valence-electron chi connectivity index (χ1n) is 8.14. The van der Waals surface area contributed by atoms with E-state index < -0.39 is 0 Å². The van der Waals surface area contributed by atoms with Crippen LogP contribution in [-0.4, -0.2) is 38.3 Å². The highest BCUT2D eigenvalue weighted by Crippen LogP contribution is 2.25. The van der Waals surface area contributed by atoms with Gasteiger partial charge in [-0.2, -0.15) is 0 Å². The molecule has 1 atom stereocenters. The van der Waals surface area contributed by atoms with Gasteiger partial charge in [0.15, 0.2) is 5.78 Å². The molecular formula is C17H22N4OS. The highest BCUT2D eigenvalue weighted by Gasteiger charge is 2.28. The Morgan fingerprint density at radius 3 is 3.04 bits per heavy atom. The molecule has 0 spiro atoms. The van der Waals surface area contributed by atoms with Gasteiger partial charge in [0.25, 0.3) is 0 Å². The van der Waals surface area contributed by atoms with E-state index in [-0.39, 0.29) is 11.7 Å². The molecule has 1 aliphatic rings. The number of Topliss-reactive ketones (excluding diaryl/α,β-unsaturated/α-hetero) is 1. The van der Waals surface area contributed by atoms with Crippen molar-refractivity contribution in [3.05, 3.63) is 40.7 Å². The number of aromatic nitrogens is 3. The summed E-state index contributed by atoms with van der Waals surface area (Å²) in [5.41, 5.74) is 1.68. The molecule has 23 heavy (non-hydrogen) atoms. The lowest BCUT2D eigenvalue weighted by molar-refractivity contribution is 0.0807. The van der Waals surface area contributed by atoms with Crippen LogP contribution < -0.4 is 0 Å². The normalized spacial score (nSPS) is 19.2. The predicted molar refractivity (Wildman–Crippen MR) is 90.6 cm³/mol. The first kappa shape index (κ1) is 16.2. The molecule has 0 N–H and O–H groups in total. The van der Waals surface area contributed by atoms with Gasteiger partial charge in [-0.05, 0) is 49.0 Å². The van der Waals surface area contributed by atoms with Crippen molar-refractivity contribution in [2.75, 3.05) is 13.1 Å². The molecule has 6 heteroatoms. The quantitative estimate of drug-likeness (QED) is 0.788. The molecule has 1 fully saturated rings. The number of nitrogens with zero attached hydrogens (tertiary/aromatic N) is 4. The van der Waals surface area contributed by atoms with E-state index in [4.69, 9.17) is 0 Å². The SMILES string of the molecule is CC(C)c1nnsc1CN1CCCC(C(=O)c2ccccn2)C1. The number of hydrogen-bond acceptors (Lipinski definition) is 6. The Morgan fingerprint density at radius 2 is 2.30 bits per heavy atom. The lowest BCUT2D eigenvalue weighted by Crippen LogP contribution is -2.38. The second kappa shape index (κ2) is 7.27. The van der Waals surface area contributed by atoms with Crippen molar-refractivity contribution >= 4 is 17.3 Å². The summed E-state index contributed by atoms with van der Waals surface area (Å²) in [6.07, 6.45) is 3.68. The van der Waals surface area contributed by atoms with Gasteiger partial charge < -0.3 is 0 Å². The Hall–Kier alpha value is -1.66. The molecule has 0 aliphatic carbocycles. The third-order valence-electron chi connectivity index (χ3n) is 4.29. The molecule has 1 aliphatic heterocycles. The Labute approximate surface area is 140 Å². The zero-order valence-corrected chi connectivity index (χ0v) is 14.4. The van der Waals surface area contributed by atoms with Gasteiger partial charge in [-0.15, -0.1) is 5.10 Å². The highest BCUT2D eigenvalue weighted by molar-refractivity contribution is 7.05. The molecule has 0 radical (unpaired) electrons. The minimum Gasteiger partial charge on any atom is -0.297 e. The van der Waals surface area contributed by atoms with Crippen molar-refractivity contribution in [3.8, 4) is 0 Å². The first-order valence-corrected chi connectivity index (χ1v) is 8.91. The number of ketones is 1. The standard InChI is InChI=1S/C17H22N4OS/c1-12(2)16-15(23-20-19-16)11-21-9-5-6-13(10-21)17(22)14-7-3-4-8-18-14/h3-4,7-8,12-13H,5-6,9-11H2,1-2H3. The maximum atomic E-state index is 12.6. The van der Waals surface area contributed by atoms with Gasteiger partial charge in [0.1, 0.15) is 5.69 Å². The van der Waals surface area contributed by atoms with Crippen molar-refractivity contribution in [1.29, 1.82) is 0 Å². The fourth-order valence-corrected chi connectivity index (χ4v) is 3.94. The summed E-state index contributed by atoms with van der Waals surface area (Å²) in [4.78, 5) is 20.4. The summed E-state index contributed by atoms with van der Waals surface area (Å²) in [6, 6.07) is 5.53. The predicted octanol–water partition coefficient (Wildman–Crippen LogP) is 3.15. The topological polar surface area (TPSA) is 59.0 Å². The van der Waals surface area contributed by atoms with Crippen LogP contribution in [0.5, 0.6) is 0 Å². The van der Waals surface area contributed by atoms with E-state index in [2.05, 4.69) is 33.3 Å². The molecular weight excluding hydrogens is 308 g/mol. The number of likely N-dealkylation sites (tertiary alicyclic amines) is 1. The smallest absolute Gasteiger partial charge is 0.185 e. The lowest BCUT2D eigenvalue weighted by Gasteiger charge is -2.31. The van der Waals surface area contributed by atoms with Crippen LogP contribution in [-0.2, 0) is 6.54 Å². The fraction of sp³-hybridized carbons (Fsp3) is 0.529. The second-order valence-electron chi connectivity index (χ2n) is 6.39. The number of piperidine rings is 1. The van der Waals surface area contributed by atoms with Crippen molar-refractivity contribution < 1.29 is 4.79 Å². The maximum Gasteiger partial charge on any atom is 0.185 e. The molecule has 0 amide bonds. The zero-order chi connectivity index (χ0) is 16.2. The van der Waals surface area contributed by atoms with Crippen LogP contribution in [0.1, 0.15) is 53.7 Å². The molecule has 0 bridgehead atoms. The molecule has 2 aromatic heterocycles. The van der Waals surface area contributed by atoms with Crippen LogP contribution in [0.15, 0.2) is 24.4 Å². The zero-order valence-electron chi connectivity index (χ0n) is 13.6. The molecule has 0 aromatic carbocycles. The monoisotopic (exact) mass is 330 g/mol. The number of carbonyl (C=O) groups is 1. The molecule has 122 valence electrons. The van der Waals surface area contributed by atoms with Crippen LogP contribution in [0.25, 0.3) is 0 Å². The van der Waals surface area contributed by atoms with E-state index in [0.29, 0.717) is 11.6 Å². The van der Waals surface area contributed by atoms with Crippen molar-refractivity contribution in [2.45, 2.75) is 39.2 Å². The van der Waals surface area contributed by atoms with E-state index in [1.54, 1.807) is 6.20 Å². The molecule has 3 heterocycles. The Kier molecular flexibility index (Phi) is 5.13. The van der Waals surface area contributed by atoms with Crippen molar-refractivity contribution in [2.24, 2.45) is 5.92 Å². The molecule has 2 aromatic rings. The molecule has 1 unspecified atom stereocenters. The molecule has 1 saturated heterocycles. The average molecular weight is 330 g/mol. The average Bonchev–Trinajstić information content (AvgIpc) is 3.03. The van der Waals surface area contributed by atoms with E-state index >= 15 is 0 Å². The maximum absolute atomic E-state index is 12.6. The summed E-state index contributed by atoms with van der Waals surface area (Å²) in [5.74, 6) is 0.600. The second-order valence-corrected chi connectivity index (χ2v) is 7.23. The Bertz CT molecular complexity index is 656. The van der Waals surface area contributed by atoms with Crippen LogP contribution in [0.2, 0.25) is 0 Å². The summed E-state index contributed by atoms with van der Waals surface area (Å²) < 4.78 is 4.10. The fourth-order valence-electron chi connectivity index (χ4n) is 3.10. The Morgan fingerprint density at radius 1 is 1.43 bits per heavy atom. The lowest BCUT2D eigenvalue weighted by atomic mass is 9.92. The van der Waals surface area contributed by atoms with Crippen molar-refractivity contribution in [3.63, 3.8) is 0 Å². The highest BCUT2D eigenvalue weighted by atomic mass is 32.1. The van der Waals surface area contributed by atoms with Gasteiger partial charge in [-0.1, -0.05) is 24.4 Å².